The number of hydrogen-bond acceptors (Lipinski definition) is 10. The predicted octanol–water partition coefficient (Wildman–Crippen LogP) is -4.06. The molecule has 6 unspecified atom stereocenters. The number of aliphatic hydroxyl groups excluding tert-OH is 7. The van der Waals surface area contributed by atoms with E-state index >= 15 is 0 Å². The van der Waals surface area contributed by atoms with Crippen LogP contribution >= 0.6 is 0 Å². The van der Waals surface area contributed by atoms with Gasteiger partial charge in [-0.1, -0.05) is 35.1 Å². The molecule has 1 aliphatic rings. The van der Waals surface area contributed by atoms with Crippen molar-refractivity contribution in [2.45, 2.75) is 97.0 Å². The topological polar surface area (TPSA) is 235 Å². The van der Waals surface area contributed by atoms with E-state index in [0.29, 0.717) is 12.8 Å². The standard InChI is InChI=1S/C7H14O5.C4H9NO2.C4H10O2.C3H9N.CH4/c1-2-3(8)5(10)7(12)6(11)4(2)9;1-2-3(5)4(6)7;1-2-4(6)3-5;1-2-3-4;/h2-12H,1H3;3H,2,5H2,1H3,(H,6,7);4-6H,2-3H2,1H3;2-4H2,1H3;1H4. The molecule has 0 radical (unpaired) electrons. The smallest absolute Gasteiger partial charge is 0.124 e. The van der Waals surface area contributed by atoms with Crippen molar-refractivity contribution in [1.82, 2.24) is 0 Å². The van der Waals surface area contributed by atoms with Gasteiger partial charge in [0.05, 0.1) is 30.9 Å². The Morgan fingerprint density at radius 1 is 0.967 bits per heavy atom. The molecule has 12 N–H and O–H groups in total. The van der Waals surface area contributed by atoms with E-state index < -0.39 is 54.6 Å². The highest BCUT2D eigenvalue weighted by molar-refractivity contribution is 5.68. The van der Waals surface area contributed by atoms with Crippen molar-refractivity contribution in [3.05, 3.63) is 0 Å². The van der Waals surface area contributed by atoms with Crippen LogP contribution in [0, 0.1) is 5.92 Å². The van der Waals surface area contributed by atoms with Gasteiger partial charge in [0.1, 0.15) is 24.4 Å². The molecule has 1 fully saturated rings. The molecule has 1 saturated carbocycles. The number of nitrogens with two attached hydrogens (primary N) is 1. The van der Waals surface area contributed by atoms with E-state index in [1.807, 2.05) is 6.92 Å². The number of aliphatic carboxylic acids is 1. The average Bonchev–Trinajstić information content (AvgIpc) is 2.74. The molecule has 0 spiro atoms. The average molecular weight is 447 g/mol. The molecule has 6 atom stereocenters. The van der Waals surface area contributed by atoms with Gasteiger partial charge in [0, 0.05) is 12.3 Å². The number of rotatable bonds is 5. The predicted molar refractivity (Wildman–Crippen MR) is 111 cm³/mol. The second-order valence-electron chi connectivity index (χ2n) is 6.77. The van der Waals surface area contributed by atoms with Crippen LogP contribution in [-0.4, -0.2) is 97.5 Å². The van der Waals surface area contributed by atoms with Gasteiger partial charge in [-0.15, -0.1) is 0 Å². The first-order chi connectivity index (χ1) is 13.4. The largest absolute Gasteiger partial charge is 0.544 e. The van der Waals surface area contributed by atoms with E-state index in [2.05, 4.69) is 12.7 Å². The molecule has 11 nitrogen and oxygen atoms in total. The minimum atomic E-state index is -1.48. The maximum atomic E-state index is 9.76. The van der Waals surface area contributed by atoms with Crippen LogP contribution in [0.3, 0.4) is 0 Å². The number of aliphatic hydroxyl groups is 7. The molecule has 0 aromatic carbocycles. The Labute approximate surface area is 180 Å². The first-order valence-corrected chi connectivity index (χ1v) is 9.80. The molecule has 1 aliphatic carbocycles. The number of carboxylic acid groups (broad SMARTS) is 1. The highest BCUT2D eigenvalue weighted by Crippen LogP contribution is 2.25. The van der Waals surface area contributed by atoms with Gasteiger partial charge in [0.2, 0.25) is 0 Å². The summed E-state index contributed by atoms with van der Waals surface area (Å²) in [6.07, 6.45) is -4.89. The summed E-state index contributed by atoms with van der Waals surface area (Å²) in [5.74, 6) is -1.71. The second-order valence-corrected chi connectivity index (χ2v) is 6.77. The van der Waals surface area contributed by atoms with Crippen molar-refractivity contribution >= 4 is 5.97 Å². The molecule has 0 aliphatic heterocycles. The van der Waals surface area contributed by atoms with Gasteiger partial charge < -0.3 is 57.1 Å². The van der Waals surface area contributed by atoms with Crippen LogP contribution in [-0.2, 0) is 4.79 Å². The SMILES string of the molecule is C.CC1C(O)C(O)C(O)C(O)C1O.CCC(O)CO.CCC([NH3+])C(=O)[O-].CCCN. The molecule has 30 heavy (non-hydrogen) atoms. The lowest BCUT2D eigenvalue weighted by atomic mass is 9.80. The Bertz CT molecular complexity index is 326. The molecule has 11 heteroatoms. The minimum absolute atomic E-state index is 0. The maximum absolute atomic E-state index is 9.76. The minimum Gasteiger partial charge on any atom is -0.544 e. The number of carboxylic acids is 1. The molecule has 0 bridgehead atoms. The fourth-order valence-corrected chi connectivity index (χ4v) is 1.73. The van der Waals surface area contributed by atoms with Crippen LogP contribution in [0.1, 0.15) is 54.4 Å². The van der Waals surface area contributed by atoms with Crippen LogP contribution in [0.5, 0.6) is 0 Å². The van der Waals surface area contributed by atoms with Gasteiger partial charge in [0.15, 0.2) is 0 Å². The lowest BCUT2D eigenvalue weighted by molar-refractivity contribution is -0.437. The van der Waals surface area contributed by atoms with Gasteiger partial charge in [0.25, 0.3) is 0 Å². The van der Waals surface area contributed by atoms with Crippen LogP contribution in [0.15, 0.2) is 0 Å². The molecule has 186 valence electrons. The molecule has 0 aromatic rings. The molecule has 0 amide bonds. The third-order valence-electron chi connectivity index (χ3n) is 4.27. The lowest BCUT2D eigenvalue weighted by Crippen LogP contribution is -2.67. The summed E-state index contributed by atoms with van der Waals surface area (Å²) < 4.78 is 0. The Balaban J connectivity index is -0.000000163. The van der Waals surface area contributed by atoms with E-state index in [9.17, 15) is 20.1 Å². The highest BCUT2D eigenvalue weighted by Gasteiger charge is 2.45. The summed E-state index contributed by atoms with van der Waals surface area (Å²) in [5.41, 5.74) is 8.32. The van der Waals surface area contributed by atoms with Crippen LogP contribution < -0.4 is 16.6 Å². The Kier molecular flexibility index (Phi) is 26.0. The third-order valence-corrected chi connectivity index (χ3v) is 4.27. The van der Waals surface area contributed by atoms with E-state index in [0.717, 1.165) is 13.0 Å². The monoisotopic (exact) mass is 446 g/mol. The first-order valence-electron chi connectivity index (χ1n) is 9.80. The van der Waals surface area contributed by atoms with E-state index in [1.165, 1.54) is 6.92 Å². The summed E-state index contributed by atoms with van der Waals surface area (Å²) >= 11 is 0. The molecule has 0 saturated heterocycles. The fraction of sp³-hybridized carbons (Fsp3) is 0.947. The zero-order valence-corrected chi connectivity index (χ0v) is 17.9. The quantitative estimate of drug-likeness (QED) is 0.198. The summed E-state index contributed by atoms with van der Waals surface area (Å²) in [5, 5.41) is 72.1. The Morgan fingerprint density at radius 3 is 1.43 bits per heavy atom. The van der Waals surface area contributed by atoms with Crippen LogP contribution in [0.25, 0.3) is 0 Å². The van der Waals surface area contributed by atoms with Crippen molar-refractivity contribution < 1.29 is 51.4 Å². The normalized spacial score (nSPS) is 29.2. The van der Waals surface area contributed by atoms with E-state index in [4.69, 9.17) is 31.3 Å². The fourth-order valence-electron chi connectivity index (χ4n) is 1.73. The number of carbonyl (C=O) groups excluding carboxylic acids is 1. The van der Waals surface area contributed by atoms with Gasteiger partial charge in [-0.2, -0.15) is 0 Å². The number of hydrogen-bond donors (Lipinski definition) is 9. The Morgan fingerprint density at radius 2 is 1.30 bits per heavy atom. The summed E-state index contributed by atoms with van der Waals surface area (Å²) in [6.45, 7) is 7.83. The summed E-state index contributed by atoms with van der Waals surface area (Å²) in [7, 11) is 0. The van der Waals surface area contributed by atoms with Crippen molar-refractivity contribution in [2.75, 3.05) is 13.2 Å². The maximum Gasteiger partial charge on any atom is 0.124 e. The first kappa shape index (κ1) is 36.5. The van der Waals surface area contributed by atoms with Gasteiger partial charge in [-0.05, 0) is 19.4 Å². The molecule has 0 aromatic heterocycles. The molecule has 1 rings (SSSR count). The van der Waals surface area contributed by atoms with E-state index in [-0.39, 0.29) is 14.0 Å². The van der Waals surface area contributed by atoms with Crippen molar-refractivity contribution in [1.29, 1.82) is 0 Å². The summed E-state index contributed by atoms with van der Waals surface area (Å²) in [6, 6.07) is -0.542. The summed E-state index contributed by atoms with van der Waals surface area (Å²) in [4.78, 5) is 9.76. The zero-order valence-electron chi connectivity index (χ0n) is 17.9. The third kappa shape index (κ3) is 15.9. The van der Waals surface area contributed by atoms with Crippen molar-refractivity contribution in [3.8, 4) is 0 Å². The molecular formula is C19H46N2O9. The molecule has 0 heterocycles. The second kappa shape index (κ2) is 21.3. The lowest BCUT2D eigenvalue weighted by Gasteiger charge is -2.40. The number of carbonyl (C=O) groups is 1. The van der Waals surface area contributed by atoms with Crippen molar-refractivity contribution in [3.63, 3.8) is 0 Å². The highest BCUT2D eigenvalue weighted by atomic mass is 16.4. The van der Waals surface area contributed by atoms with Crippen LogP contribution in [0.2, 0.25) is 0 Å². The van der Waals surface area contributed by atoms with Crippen LogP contribution in [0.4, 0.5) is 0 Å². The Hall–Kier alpha value is -0.890. The van der Waals surface area contributed by atoms with Crippen molar-refractivity contribution in [2.24, 2.45) is 11.7 Å². The number of quaternary nitrogens is 1. The zero-order chi connectivity index (χ0) is 23.7. The van der Waals surface area contributed by atoms with Gasteiger partial charge >= 0.3 is 0 Å². The van der Waals surface area contributed by atoms with E-state index in [1.54, 1.807) is 6.92 Å². The van der Waals surface area contributed by atoms with Gasteiger partial charge in [-0.3, -0.25) is 0 Å². The van der Waals surface area contributed by atoms with Gasteiger partial charge in [-0.25, -0.2) is 0 Å². The molecular weight excluding hydrogens is 400 g/mol.